The number of nitrogens with zero attached hydrogens (tertiary/aromatic N) is 1. The van der Waals surface area contributed by atoms with E-state index >= 15 is 0 Å². The zero-order valence-corrected chi connectivity index (χ0v) is 10.3. The Balaban J connectivity index is 2.57. The third-order valence-electron chi connectivity index (χ3n) is 2.16. The van der Waals surface area contributed by atoms with Crippen LogP contribution in [0.1, 0.15) is 5.69 Å². The average Bonchev–Trinajstić information content (AvgIpc) is 2.35. The van der Waals surface area contributed by atoms with Gasteiger partial charge in [-0.1, -0.05) is 6.07 Å². The van der Waals surface area contributed by atoms with Gasteiger partial charge in [0.15, 0.2) is 0 Å². The number of aliphatic hydroxyl groups excluding tert-OH is 1. The van der Waals surface area contributed by atoms with E-state index in [0.29, 0.717) is 5.69 Å². The van der Waals surface area contributed by atoms with E-state index in [1.54, 1.807) is 24.4 Å². The first kappa shape index (κ1) is 14.6. The number of carbonyl (C=O) groups is 1. The van der Waals surface area contributed by atoms with Gasteiger partial charge >= 0.3 is 5.97 Å². The van der Waals surface area contributed by atoms with Gasteiger partial charge in [0, 0.05) is 18.3 Å². The third-order valence-corrected chi connectivity index (χ3v) is 3.54. The first-order valence-corrected chi connectivity index (χ1v) is 6.83. The van der Waals surface area contributed by atoms with E-state index in [9.17, 15) is 13.2 Å². The minimum Gasteiger partial charge on any atom is -0.480 e. The number of aliphatic carboxylic acids is 1. The highest BCUT2D eigenvalue weighted by atomic mass is 32.2. The molecule has 0 spiro atoms. The molecule has 0 bridgehead atoms. The molecule has 100 valence electrons. The maximum absolute atomic E-state index is 11.6. The van der Waals surface area contributed by atoms with Crippen LogP contribution in [0.25, 0.3) is 0 Å². The van der Waals surface area contributed by atoms with Crippen molar-refractivity contribution in [2.75, 3.05) is 12.4 Å². The lowest BCUT2D eigenvalue weighted by Crippen LogP contribution is -2.44. The van der Waals surface area contributed by atoms with Crippen LogP contribution in [0.15, 0.2) is 24.4 Å². The standard InChI is InChI=1S/C10H14N2O5S/c13-7-9(10(14)15)12-18(16,17)6-4-8-3-1-2-5-11-8/h1-3,5,9,12-13H,4,6-7H2,(H,14,15)/t9-/m1/s1. The SMILES string of the molecule is O=C(O)[C@@H](CO)NS(=O)(=O)CCc1ccccn1. The van der Waals surface area contributed by atoms with E-state index in [0.717, 1.165) is 0 Å². The third kappa shape index (κ3) is 4.78. The van der Waals surface area contributed by atoms with Crippen molar-refractivity contribution in [3.05, 3.63) is 30.1 Å². The summed E-state index contributed by atoms with van der Waals surface area (Å²) >= 11 is 0. The summed E-state index contributed by atoms with van der Waals surface area (Å²) in [6.07, 6.45) is 1.72. The normalized spacial score (nSPS) is 13.2. The Morgan fingerprint density at radius 2 is 2.17 bits per heavy atom. The smallest absolute Gasteiger partial charge is 0.324 e. The summed E-state index contributed by atoms with van der Waals surface area (Å²) in [6.45, 7) is -0.794. The molecule has 0 saturated carbocycles. The van der Waals surface area contributed by atoms with Gasteiger partial charge in [-0.25, -0.2) is 8.42 Å². The Kier molecular flexibility index (Phi) is 5.20. The molecule has 3 N–H and O–H groups in total. The number of carboxylic acids is 1. The molecule has 0 fully saturated rings. The Bertz CT molecular complexity index is 488. The summed E-state index contributed by atoms with van der Waals surface area (Å²) in [7, 11) is -3.77. The number of aliphatic hydroxyl groups is 1. The first-order valence-electron chi connectivity index (χ1n) is 5.18. The molecular weight excluding hydrogens is 260 g/mol. The zero-order valence-electron chi connectivity index (χ0n) is 9.48. The van der Waals surface area contributed by atoms with Crippen LogP contribution in [0.2, 0.25) is 0 Å². The van der Waals surface area contributed by atoms with Crippen LogP contribution in [0, 0.1) is 0 Å². The Morgan fingerprint density at radius 3 is 2.67 bits per heavy atom. The van der Waals surface area contributed by atoms with Crippen LogP contribution in [0.3, 0.4) is 0 Å². The predicted octanol–water partition coefficient (Wildman–Crippen LogP) is -1.01. The number of hydrogen-bond acceptors (Lipinski definition) is 5. The van der Waals surface area contributed by atoms with E-state index in [1.807, 2.05) is 4.72 Å². The van der Waals surface area contributed by atoms with Crippen LogP contribution in [-0.4, -0.2) is 48.0 Å². The summed E-state index contributed by atoms with van der Waals surface area (Å²) in [6, 6.07) is 3.60. The highest BCUT2D eigenvalue weighted by Crippen LogP contribution is 1.98. The molecule has 1 heterocycles. The molecule has 1 atom stereocenters. The van der Waals surface area contributed by atoms with Crippen molar-refractivity contribution in [2.45, 2.75) is 12.5 Å². The molecule has 0 aromatic carbocycles. The minimum atomic E-state index is -3.77. The lowest BCUT2D eigenvalue weighted by molar-refractivity contribution is -0.139. The van der Waals surface area contributed by atoms with Crippen LogP contribution >= 0.6 is 0 Å². The van der Waals surface area contributed by atoms with Gasteiger partial charge in [-0.05, 0) is 12.1 Å². The average molecular weight is 274 g/mol. The van der Waals surface area contributed by atoms with Gasteiger partial charge in [-0.15, -0.1) is 0 Å². The van der Waals surface area contributed by atoms with Crippen molar-refractivity contribution in [1.29, 1.82) is 0 Å². The Labute approximate surface area is 105 Å². The second-order valence-corrected chi connectivity index (χ2v) is 5.45. The molecule has 18 heavy (non-hydrogen) atoms. The van der Waals surface area contributed by atoms with Gasteiger partial charge in [0.2, 0.25) is 10.0 Å². The highest BCUT2D eigenvalue weighted by molar-refractivity contribution is 7.89. The van der Waals surface area contributed by atoms with E-state index in [4.69, 9.17) is 10.2 Å². The van der Waals surface area contributed by atoms with E-state index in [1.165, 1.54) is 0 Å². The van der Waals surface area contributed by atoms with Gasteiger partial charge in [0.05, 0.1) is 12.4 Å². The second kappa shape index (κ2) is 6.43. The minimum absolute atomic E-state index is 0.175. The molecule has 1 aromatic heterocycles. The van der Waals surface area contributed by atoms with Gasteiger partial charge in [0.25, 0.3) is 0 Å². The molecule has 0 unspecified atom stereocenters. The van der Waals surface area contributed by atoms with Crippen LogP contribution in [-0.2, 0) is 21.2 Å². The molecule has 0 aliphatic carbocycles. The van der Waals surface area contributed by atoms with Gasteiger partial charge in [-0.3, -0.25) is 9.78 Å². The quantitative estimate of drug-likeness (QED) is 0.586. The van der Waals surface area contributed by atoms with Crippen molar-refractivity contribution >= 4 is 16.0 Å². The predicted molar refractivity (Wildman–Crippen MR) is 63.4 cm³/mol. The summed E-state index contributed by atoms with van der Waals surface area (Å²) in [5.41, 5.74) is 0.596. The van der Waals surface area contributed by atoms with Crippen LogP contribution in [0.4, 0.5) is 0 Å². The molecular formula is C10H14N2O5S. The number of aromatic nitrogens is 1. The van der Waals surface area contributed by atoms with Crippen LogP contribution in [0.5, 0.6) is 0 Å². The summed E-state index contributed by atoms with van der Waals surface area (Å²) < 4.78 is 25.0. The fraction of sp³-hybridized carbons (Fsp3) is 0.400. The lowest BCUT2D eigenvalue weighted by Gasteiger charge is -2.11. The van der Waals surface area contributed by atoms with Crippen molar-refractivity contribution in [3.63, 3.8) is 0 Å². The van der Waals surface area contributed by atoms with Crippen molar-refractivity contribution in [1.82, 2.24) is 9.71 Å². The number of pyridine rings is 1. The Morgan fingerprint density at radius 1 is 1.44 bits per heavy atom. The van der Waals surface area contributed by atoms with E-state index in [-0.39, 0.29) is 12.2 Å². The maximum atomic E-state index is 11.6. The van der Waals surface area contributed by atoms with E-state index in [2.05, 4.69) is 4.98 Å². The maximum Gasteiger partial charge on any atom is 0.324 e. The lowest BCUT2D eigenvalue weighted by atomic mass is 10.3. The molecule has 0 aliphatic rings. The molecule has 7 nitrogen and oxygen atoms in total. The van der Waals surface area contributed by atoms with Gasteiger partial charge in [-0.2, -0.15) is 4.72 Å². The second-order valence-electron chi connectivity index (χ2n) is 3.58. The number of aryl methyl sites for hydroxylation is 1. The summed E-state index contributed by atoms with van der Waals surface area (Å²) in [5, 5.41) is 17.3. The topological polar surface area (TPSA) is 117 Å². The summed E-state index contributed by atoms with van der Waals surface area (Å²) in [4.78, 5) is 14.5. The number of hydrogen-bond donors (Lipinski definition) is 3. The molecule has 0 radical (unpaired) electrons. The largest absolute Gasteiger partial charge is 0.480 e. The Hall–Kier alpha value is -1.51. The fourth-order valence-corrected chi connectivity index (χ4v) is 2.43. The van der Waals surface area contributed by atoms with Crippen LogP contribution < -0.4 is 4.72 Å². The fourth-order valence-electron chi connectivity index (χ4n) is 1.23. The zero-order chi connectivity index (χ0) is 13.6. The number of rotatable bonds is 7. The van der Waals surface area contributed by atoms with E-state index < -0.39 is 28.6 Å². The molecule has 1 aromatic rings. The molecule has 0 aliphatic heterocycles. The number of nitrogens with one attached hydrogen (secondary N) is 1. The first-order chi connectivity index (χ1) is 8.44. The van der Waals surface area contributed by atoms with Crippen molar-refractivity contribution < 1.29 is 23.4 Å². The van der Waals surface area contributed by atoms with Gasteiger partial charge in [0.1, 0.15) is 6.04 Å². The highest BCUT2D eigenvalue weighted by Gasteiger charge is 2.22. The molecule has 8 heteroatoms. The summed E-state index contributed by atoms with van der Waals surface area (Å²) in [5.74, 6) is -1.70. The van der Waals surface area contributed by atoms with Crippen molar-refractivity contribution in [3.8, 4) is 0 Å². The van der Waals surface area contributed by atoms with Gasteiger partial charge < -0.3 is 10.2 Å². The molecule has 0 saturated heterocycles. The molecule has 0 amide bonds. The molecule has 1 rings (SSSR count). The number of sulfonamides is 1. The number of carboxylic acid groups (broad SMARTS) is 1. The monoisotopic (exact) mass is 274 g/mol. The van der Waals surface area contributed by atoms with Crippen molar-refractivity contribution in [2.24, 2.45) is 0 Å².